The summed E-state index contributed by atoms with van der Waals surface area (Å²) in [5, 5.41) is 24.5. The Hall–Kier alpha value is -4.79. The van der Waals surface area contributed by atoms with Crippen molar-refractivity contribution in [3.05, 3.63) is 79.9 Å². The lowest BCUT2D eigenvalue weighted by molar-refractivity contribution is -0.385. The van der Waals surface area contributed by atoms with Gasteiger partial charge in [-0.2, -0.15) is 0 Å². The minimum atomic E-state index is -2.13. The molecule has 0 aromatic heterocycles. The summed E-state index contributed by atoms with van der Waals surface area (Å²) in [6.45, 7) is 30.6. The summed E-state index contributed by atoms with van der Waals surface area (Å²) < 4.78 is 35.6. The minimum absolute atomic E-state index is 0.00441. The second kappa shape index (κ2) is 19.1. The third-order valence-electron chi connectivity index (χ3n) is 12.3. The number of nitro groups is 2. The number of rotatable bonds is 18. The normalized spacial score (nSPS) is 17.4. The van der Waals surface area contributed by atoms with Gasteiger partial charge in [-0.3, -0.25) is 29.8 Å². The number of likely N-dealkylation sites (tertiary alicyclic amines) is 2. The summed E-state index contributed by atoms with van der Waals surface area (Å²) in [5.74, 6) is -0.978. The summed E-state index contributed by atoms with van der Waals surface area (Å²) in [6.07, 6.45) is 1.25. The van der Waals surface area contributed by atoms with E-state index >= 15 is 0 Å². The van der Waals surface area contributed by atoms with E-state index in [0.29, 0.717) is 26.1 Å². The lowest BCUT2D eigenvalue weighted by atomic mass is 10.1. The van der Waals surface area contributed by atoms with Gasteiger partial charge < -0.3 is 37.6 Å². The number of nitro benzene ring substituents is 2. The molecular formula is C43H64N4O12Si2. The molecule has 2 aliphatic rings. The highest BCUT2D eigenvalue weighted by Crippen LogP contribution is 2.41. The summed E-state index contributed by atoms with van der Waals surface area (Å²) in [4.78, 5) is 54.5. The quantitative estimate of drug-likeness (QED) is 0.0456. The highest BCUT2D eigenvalue weighted by Gasteiger charge is 2.42. The van der Waals surface area contributed by atoms with E-state index in [4.69, 9.17) is 27.8 Å². The summed E-state index contributed by atoms with van der Waals surface area (Å²) in [5.41, 5.74) is 0.841. The molecule has 2 saturated heterocycles. The number of methoxy groups -OCH3 is 2. The Bertz CT molecular complexity index is 1880. The van der Waals surface area contributed by atoms with Crippen molar-refractivity contribution in [1.82, 2.24) is 9.80 Å². The Morgan fingerprint density at radius 3 is 1.31 bits per heavy atom. The second-order valence-electron chi connectivity index (χ2n) is 18.8. The number of carbonyl (C=O) groups is 2. The van der Waals surface area contributed by atoms with Crippen LogP contribution in [0.2, 0.25) is 36.3 Å². The lowest BCUT2D eigenvalue weighted by Crippen LogP contribution is -2.46. The van der Waals surface area contributed by atoms with Crippen molar-refractivity contribution in [3.63, 3.8) is 0 Å². The van der Waals surface area contributed by atoms with Gasteiger partial charge in [0, 0.05) is 43.8 Å². The van der Waals surface area contributed by atoms with E-state index in [1.54, 1.807) is 9.80 Å². The first-order chi connectivity index (χ1) is 28.2. The average molecular weight is 885 g/mol. The molecule has 336 valence electrons. The van der Waals surface area contributed by atoms with E-state index in [1.165, 1.54) is 26.4 Å². The zero-order valence-corrected chi connectivity index (χ0v) is 39.9. The molecule has 0 bridgehead atoms. The fourth-order valence-corrected chi connectivity index (χ4v) is 8.68. The van der Waals surface area contributed by atoms with Crippen LogP contribution in [0.1, 0.15) is 81.5 Å². The molecule has 2 aromatic rings. The van der Waals surface area contributed by atoms with Crippen molar-refractivity contribution in [3.8, 4) is 23.0 Å². The first kappa shape index (κ1) is 48.9. The Morgan fingerprint density at radius 1 is 0.672 bits per heavy atom. The number of hydrogen-bond acceptors (Lipinski definition) is 12. The van der Waals surface area contributed by atoms with E-state index in [2.05, 4.69) is 80.9 Å². The van der Waals surface area contributed by atoms with Gasteiger partial charge in [-0.1, -0.05) is 65.8 Å². The molecule has 0 spiro atoms. The third kappa shape index (κ3) is 11.4. The lowest BCUT2D eigenvalue weighted by Gasteiger charge is -2.38. The number of carbonyl (C=O) groups excluding carboxylic acids is 2. The third-order valence-corrected chi connectivity index (χ3v) is 21.3. The van der Waals surface area contributed by atoms with Gasteiger partial charge in [0.1, 0.15) is 11.5 Å². The molecule has 1 unspecified atom stereocenters. The topological polar surface area (TPSA) is 182 Å². The van der Waals surface area contributed by atoms with Gasteiger partial charge in [-0.25, -0.2) is 0 Å². The molecule has 16 nitrogen and oxygen atoms in total. The monoisotopic (exact) mass is 884 g/mol. The van der Waals surface area contributed by atoms with Crippen LogP contribution in [-0.4, -0.2) is 114 Å². The Kier molecular flexibility index (Phi) is 15.3. The van der Waals surface area contributed by atoms with Gasteiger partial charge in [0.25, 0.3) is 11.8 Å². The minimum Gasteiger partial charge on any atom is -0.496 e. The van der Waals surface area contributed by atoms with E-state index < -0.39 is 49.7 Å². The predicted molar refractivity (Wildman–Crippen MR) is 238 cm³/mol. The van der Waals surface area contributed by atoms with Gasteiger partial charge in [-0.05, 0) is 49.1 Å². The Morgan fingerprint density at radius 2 is 1.02 bits per heavy atom. The van der Waals surface area contributed by atoms with Gasteiger partial charge in [-0.15, -0.1) is 0 Å². The van der Waals surface area contributed by atoms with E-state index in [0.717, 1.165) is 23.3 Å². The van der Waals surface area contributed by atoms with Gasteiger partial charge in [0.05, 0.1) is 73.7 Å². The van der Waals surface area contributed by atoms with Crippen LogP contribution in [0.15, 0.2) is 48.6 Å². The maximum atomic E-state index is 14.0. The summed E-state index contributed by atoms with van der Waals surface area (Å²) >= 11 is 0. The fraction of sp³-hybridized carbons (Fsp3) is 0.581. The van der Waals surface area contributed by atoms with E-state index in [1.807, 2.05) is 0 Å². The molecule has 0 N–H and O–H groups in total. The zero-order chi connectivity index (χ0) is 45.8. The van der Waals surface area contributed by atoms with Crippen LogP contribution in [0.25, 0.3) is 0 Å². The van der Waals surface area contributed by atoms with E-state index in [9.17, 15) is 29.8 Å². The molecule has 4 rings (SSSR count). The molecule has 2 fully saturated rings. The van der Waals surface area contributed by atoms with Gasteiger partial charge >= 0.3 is 11.4 Å². The molecule has 2 heterocycles. The van der Waals surface area contributed by atoms with Crippen molar-refractivity contribution in [2.24, 2.45) is 0 Å². The molecule has 2 aliphatic heterocycles. The van der Waals surface area contributed by atoms with Gasteiger partial charge in [0.2, 0.25) is 11.5 Å². The van der Waals surface area contributed by atoms with Crippen LogP contribution < -0.4 is 18.9 Å². The molecular weight excluding hydrogens is 821 g/mol. The largest absolute Gasteiger partial charge is 0.496 e. The molecule has 2 aromatic carbocycles. The summed E-state index contributed by atoms with van der Waals surface area (Å²) in [6, 6.07) is 4.33. The van der Waals surface area contributed by atoms with Gasteiger partial charge in [0.15, 0.2) is 16.6 Å². The van der Waals surface area contributed by atoms with Crippen LogP contribution in [0.3, 0.4) is 0 Å². The highest BCUT2D eigenvalue weighted by atomic mass is 28.4. The maximum absolute atomic E-state index is 14.0. The number of benzene rings is 2. The van der Waals surface area contributed by atoms with Crippen LogP contribution in [0.4, 0.5) is 11.4 Å². The SMILES string of the molecule is C=C1CC(CO[Si](C)(C)C(C)(C)C)N(C(=O)c2cc([N+](=O)[O-])c(OCCCOc3cc(OC)c(C(=O)N4CC(=C)C[C@H]4CO[Si](C)(C)C(C)(C)C)cc3[N+](=O)[O-])cc2OC)C1. The maximum Gasteiger partial charge on any atom is 0.312 e. The number of ether oxygens (including phenoxy) is 4. The zero-order valence-electron chi connectivity index (χ0n) is 37.9. The summed E-state index contributed by atoms with van der Waals surface area (Å²) in [7, 11) is -1.53. The van der Waals surface area contributed by atoms with Crippen LogP contribution >= 0.6 is 0 Å². The molecule has 18 heteroatoms. The predicted octanol–water partition coefficient (Wildman–Crippen LogP) is 8.95. The number of nitrogens with zero attached hydrogens (tertiary/aromatic N) is 4. The average Bonchev–Trinajstić information content (AvgIpc) is 3.74. The molecule has 2 atom stereocenters. The molecule has 61 heavy (non-hydrogen) atoms. The van der Waals surface area contributed by atoms with Crippen molar-refractivity contribution in [1.29, 1.82) is 0 Å². The standard InChI is InChI=1S/C43H64N4O12Si2/c1-28-18-30(26-58-60(11,12)42(3,4)5)44(24-28)40(48)32-20-34(46(50)51)38(22-36(32)54-9)56-16-15-17-57-39-23-37(55-10)33(21-35(39)47(52)53)41(49)45-25-29(2)19-31(45)27-59-61(13,14)43(6,7)8/h20-23,30-31H,1-2,15-19,24-27H2,3-14H3/t30-,31?/m0/s1. The smallest absolute Gasteiger partial charge is 0.312 e. The van der Waals surface area contributed by atoms with Crippen LogP contribution in [0.5, 0.6) is 23.0 Å². The molecule has 2 amide bonds. The Balaban J connectivity index is 1.46. The molecule has 0 aliphatic carbocycles. The van der Waals surface area contributed by atoms with Crippen molar-refractivity contribution >= 4 is 39.8 Å². The Labute approximate surface area is 361 Å². The van der Waals surface area contributed by atoms with Crippen molar-refractivity contribution < 1.29 is 47.2 Å². The highest BCUT2D eigenvalue weighted by molar-refractivity contribution is 6.74. The second-order valence-corrected chi connectivity index (χ2v) is 28.4. The first-order valence-electron chi connectivity index (χ1n) is 20.4. The number of amides is 2. The van der Waals surface area contributed by atoms with Crippen molar-refractivity contribution in [2.75, 3.05) is 53.7 Å². The van der Waals surface area contributed by atoms with Crippen LogP contribution in [-0.2, 0) is 8.85 Å². The first-order valence-corrected chi connectivity index (χ1v) is 26.3. The van der Waals surface area contributed by atoms with Crippen molar-refractivity contribution in [2.45, 2.75) is 109 Å². The van der Waals surface area contributed by atoms with Crippen LogP contribution in [0, 0.1) is 20.2 Å². The number of hydrogen-bond donors (Lipinski definition) is 0. The van der Waals surface area contributed by atoms with E-state index in [-0.39, 0.29) is 89.0 Å². The molecule has 0 saturated carbocycles. The molecule has 0 radical (unpaired) electrons. The fourth-order valence-electron chi connectivity index (χ4n) is 6.59.